The molecule has 1 aliphatic rings. The zero-order valence-electron chi connectivity index (χ0n) is 15.1. The maximum absolute atomic E-state index is 13.1. The third-order valence-electron chi connectivity index (χ3n) is 4.14. The lowest BCUT2D eigenvalue weighted by Gasteiger charge is -2.30. The highest BCUT2D eigenvalue weighted by atomic mass is 19.2. The Labute approximate surface area is 156 Å². The normalized spacial score (nSPS) is 17.2. The van der Waals surface area contributed by atoms with E-state index in [-0.39, 0.29) is 36.6 Å². The molecule has 0 unspecified atom stereocenters. The number of halogens is 2. The highest BCUT2D eigenvalue weighted by Gasteiger charge is 2.27. The minimum atomic E-state index is -1.07. The van der Waals surface area contributed by atoms with Crippen LogP contribution in [0.4, 0.5) is 14.5 Å². The van der Waals surface area contributed by atoms with Gasteiger partial charge in [0.15, 0.2) is 11.6 Å². The molecule has 0 bridgehead atoms. The van der Waals surface area contributed by atoms with Gasteiger partial charge in [-0.15, -0.1) is 0 Å². The summed E-state index contributed by atoms with van der Waals surface area (Å²) in [6.45, 7) is 2.96. The number of hydrogen-bond acceptors (Lipinski definition) is 5. The molecule has 0 aromatic heterocycles. The van der Waals surface area contributed by atoms with E-state index in [1.165, 1.54) is 6.07 Å². The monoisotopic (exact) mass is 383 g/mol. The van der Waals surface area contributed by atoms with Crippen molar-refractivity contribution in [1.29, 1.82) is 0 Å². The number of esters is 1. The second-order valence-electron chi connectivity index (χ2n) is 6.28. The Hall–Kier alpha value is -2.55. The fourth-order valence-electron chi connectivity index (χ4n) is 2.87. The van der Waals surface area contributed by atoms with Crippen molar-refractivity contribution >= 4 is 23.5 Å². The van der Waals surface area contributed by atoms with Gasteiger partial charge >= 0.3 is 5.97 Å². The average molecular weight is 383 g/mol. The number of anilines is 1. The van der Waals surface area contributed by atoms with Gasteiger partial charge in [0.05, 0.1) is 25.6 Å². The quantitative estimate of drug-likeness (QED) is 0.693. The number of carbonyl (C=O) groups is 3. The number of carbonyl (C=O) groups excluding carboxylic acids is 3. The Morgan fingerprint density at radius 1 is 1.22 bits per heavy atom. The number of amides is 2. The van der Waals surface area contributed by atoms with Crippen molar-refractivity contribution in [3.63, 3.8) is 0 Å². The highest BCUT2D eigenvalue weighted by Crippen LogP contribution is 2.17. The number of rotatable bonds is 7. The predicted octanol–water partition coefficient (Wildman–Crippen LogP) is 1.29. The number of likely N-dealkylation sites (tertiary alicyclic amines) is 1. The first-order valence-corrected chi connectivity index (χ1v) is 8.79. The van der Waals surface area contributed by atoms with Crippen LogP contribution in [0.5, 0.6) is 0 Å². The first-order chi connectivity index (χ1) is 12.9. The van der Waals surface area contributed by atoms with Crippen molar-refractivity contribution in [2.45, 2.75) is 19.8 Å². The number of benzene rings is 1. The van der Waals surface area contributed by atoms with Crippen molar-refractivity contribution in [1.82, 2.24) is 10.2 Å². The molecule has 1 aliphatic heterocycles. The number of nitrogens with zero attached hydrogens (tertiary/aromatic N) is 1. The Balaban J connectivity index is 1.74. The molecule has 148 valence electrons. The van der Waals surface area contributed by atoms with E-state index < -0.39 is 17.5 Å². The Morgan fingerprint density at radius 2 is 2.00 bits per heavy atom. The molecule has 2 amide bonds. The van der Waals surface area contributed by atoms with E-state index in [1.807, 2.05) is 4.90 Å². The van der Waals surface area contributed by atoms with E-state index in [0.717, 1.165) is 25.0 Å². The van der Waals surface area contributed by atoms with Gasteiger partial charge in [0.25, 0.3) is 0 Å². The largest absolute Gasteiger partial charge is 0.466 e. The van der Waals surface area contributed by atoms with E-state index in [4.69, 9.17) is 4.74 Å². The predicted molar refractivity (Wildman–Crippen MR) is 93.8 cm³/mol. The molecule has 1 aromatic rings. The van der Waals surface area contributed by atoms with Gasteiger partial charge < -0.3 is 15.4 Å². The first kappa shape index (κ1) is 20.8. The molecule has 27 heavy (non-hydrogen) atoms. The first-order valence-electron chi connectivity index (χ1n) is 8.79. The lowest BCUT2D eigenvalue weighted by molar-refractivity contribution is -0.150. The molecule has 1 heterocycles. The van der Waals surface area contributed by atoms with E-state index >= 15 is 0 Å². The van der Waals surface area contributed by atoms with Crippen LogP contribution in [0.25, 0.3) is 0 Å². The Bertz CT molecular complexity index is 699. The minimum absolute atomic E-state index is 0.0639. The van der Waals surface area contributed by atoms with Gasteiger partial charge in [-0.3, -0.25) is 19.3 Å². The third kappa shape index (κ3) is 6.59. The standard InChI is InChI=1S/C18H23F2N3O4/c1-2-27-18(26)12-4-3-7-23(10-12)11-17(25)21-9-16(24)22-13-5-6-14(19)15(20)8-13/h5-6,8,12H,2-4,7,9-11H2,1H3,(H,21,25)(H,22,24)/t12-/m0/s1. The number of nitrogens with one attached hydrogen (secondary N) is 2. The number of piperidine rings is 1. The summed E-state index contributed by atoms with van der Waals surface area (Å²) in [4.78, 5) is 37.5. The second-order valence-corrected chi connectivity index (χ2v) is 6.28. The number of ether oxygens (including phenoxy) is 1. The molecule has 0 spiro atoms. The summed E-state index contributed by atoms with van der Waals surface area (Å²) < 4.78 is 31.0. The molecule has 1 fully saturated rings. The Morgan fingerprint density at radius 3 is 2.70 bits per heavy atom. The summed E-state index contributed by atoms with van der Waals surface area (Å²) in [7, 11) is 0. The van der Waals surface area contributed by atoms with E-state index in [9.17, 15) is 23.2 Å². The second kappa shape index (κ2) is 9.96. The van der Waals surface area contributed by atoms with Crippen LogP contribution in [-0.2, 0) is 19.1 Å². The summed E-state index contributed by atoms with van der Waals surface area (Å²) in [6.07, 6.45) is 1.51. The van der Waals surface area contributed by atoms with Gasteiger partial charge in [0.2, 0.25) is 11.8 Å². The van der Waals surface area contributed by atoms with Crippen LogP contribution in [-0.4, -0.2) is 55.5 Å². The SMILES string of the molecule is CCOC(=O)[C@H]1CCCN(CC(=O)NCC(=O)Nc2ccc(F)c(F)c2)C1. The maximum Gasteiger partial charge on any atom is 0.310 e. The third-order valence-corrected chi connectivity index (χ3v) is 4.14. The summed E-state index contributed by atoms with van der Waals surface area (Å²) in [5.74, 6) is -3.50. The van der Waals surface area contributed by atoms with Crippen LogP contribution in [0.3, 0.4) is 0 Å². The van der Waals surface area contributed by atoms with Crippen molar-refractivity contribution in [2.75, 3.05) is 38.1 Å². The van der Waals surface area contributed by atoms with Gasteiger partial charge in [0, 0.05) is 18.3 Å². The number of hydrogen-bond donors (Lipinski definition) is 2. The fourth-order valence-corrected chi connectivity index (χ4v) is 2.87. The minimum Gasteiger partial charge on any atom is -0.466 e. The summed E-state index contributed by atoms with van der Waals surface area (Å²) in [5, 5.41) is 4.84. The van der Waals surface area contributed by atoms with Crippen LogP contribution in [0, 0.1) is 17.6 Å². The van der Waals surface area contributed by atoms with Crippen molar-refractivity contribution in [3.8, 4) is 0 Å². The summed E-state index contributed by atoms with van der Waals surface area (Å²) in [6, 6.07) is 2.99. The van der Waals surface area contributed by atoms with Crippen LogP contribution in [0.1, 0.15) is 19.8 Å². The molecule has 7 nitrogen and oxygen atoms in total. The van der Waals surface area contributed by atoms with Crippen LogP contribution in [0.2, 0.25) is 0 Å². The van der Waals surface area contributed by atoms with Crippen molar-refractivity contribution < 1.29 is 27.9 Å². The van der Waals surface area contributed by atoms with Crippen molar-refractivity contribution in [3.05, 3.63) is 29.8 Å². The smallest absolute Gasteiger partial charge is 0.310 e. The Kier molecular flexibility index (Phi) is 7.66. The van der Waals surface area contributed by atoms with E-state index in [0.29, 0.717) is 19.7 Å². The zero-order valence-corrected chi connectivity index (χ0v) is 15.1. The molecule has 1 aromatic carbocycles. The maximum atomic E-state index is 13.1. The topological polar surface area (TPSA) is 87.7 Å². The lowest BCUT2D eigenvalue weighted by atomic mass is 9.98. The van der Waals surface area contributed by atoms with Crippen LogP contribution < -0.4 is 10.6 Å². The van der Waals surface area contributed by atoms with Gasteiger partial charge in [-0.25, -0.2) is 8.78 Å². The molecule has 9 heteroatoms. The molecule has 2 N–H and O–H groups in total. The molecule has 0 radical (unpaired) electrons. The molecular formula is C18H23F2N3O4. The molecule has 2 rings (SSSR count). The lowest BCUT2D eigenvalue weighted by Crippen LogP contribution is -2.45. The summed E-state index contributed by atoms with van der Waals surface area (Å²) >= 11 is 0. The average Bonchev–Trinajstić information content (AvgIpc) is 2.63. The van der Waals surface area contributed by atoms with Gasteiger partial charge in [-0.05, 0) is 38.4 Å². The summed E-state index contributed by atoms with van der Waals surface area (Å²) in [5.41, 5.74) is 0.0986. The van der Waals surface area contributed by atoms with Gasteiger partial charge in [-0.2, -0.15) is 0 Å². The van der Waals surface area contributed by atoms with Gasteiger partial charge in [0.1, 0.15) is 0 Å². The fraction of sp³-hybridized carbons (Fsp3) is 0.500. The zero-order chi connectivity index (χ0) is 19.8. The molecule has 1 saturated heterocycles. The molecular weight excluding hydrogens is 360 g/mol. The molecule has 0 aliphatic carbocycles. The molecule has 1 atom stereocenters. The van der Waals surface area contributed by atoms with Gasteiger partial charge in [-0.1, -0.05) is 0 Å². The van der Waals surface area contributed by atoms with E-state index in [2.05, 4.69) is 10.6 Å². The molecule has 0 saturated carbocycles. The van der Waals surface area contributed by atoms with Crippen LogP contribution in [0.15, 0.2) is 18.2 Å². The van der Waals surface area contributed by atoms with E-state index in [1.54, 1.807) is 6.92 Å². The highest BCUT2D eigenvalue weighted by molar-refractivity contribution is 5.94. The van der Waals surface area contributed by atoms with Crippen LogP contribution >= 0.6 is 0 Å². The van der Waals surface area contributed by atoms with Crippen molar-refractivity contribution in [2.24, 2.45) is 5.92 Å².